The van der Waals surface area contributed by atoms with Crippen molar-refractivity contribution in [3.8, 4) is 24.7 Å². The average molecular weight is 286 g/mol. The highest BCUT2D eigenvalue weighted by atomic mass is 16.1. The number of rotatable bonds is 6. The number of benzene rings is 2. The molecule has 0 bridgehead atoms. The maximum atomic E-state index is 12.0. The molecule has 1 heteroatoms. The Hall–Kier alpha value is -2.77. The molecule has 0 heterocycles. The molecule has 22 heavy (non-hydrogen) atoms. The number of hydrogen-bond donors (Lipinski definition) is 0. The van der Waals surface area contributed by atoms with Crippen LogP contribution in [0.1, 0.15) is 35.1 Å². The van der Waals surface area contributed by atoms with E-state index in [0.717, 1.165) is 35.1 Å². The van der Waals surface area contributed by atoms with Gasteiger partial charge in [0.2, 0.25) is 0 Å². The van der Waals surface area contributed by atoms with Crippen LogP contribution in [0.2, 0.25) is 0 Å². The van der Waals surface area contributed by atoms with Crippen molar-refractivity contribution in [2.24, 2.45) is 0 Å². The van der Waals surface area contributed by atoms with E-state index in [1.165, 1.54) is 0 Å². The lowest BCUT2D eigenvalue weighted by Gasteiger charge is -2.03. The molecule has 0 unspecified atom stereocenters. The van der Waals surface area contributed by atoms with Gasteiger partial charge in [-0.1, -0.05) is 36.1 Å². The van der Waals surface area contributed by atoms with Gasteiger partial charge in [-0.25, -0.2) is 0 Å². The van der Waals surface area contributed by atoms with Crippen LogP contribution in [-0.4, -0.2) is 5.78 Å². The zero-order valence-corrected chi connectivity index (χ0v) is 12.5. The lowest BCUT2D eigenvalue weighted by atomic mass is 10.0. The quantitative estimate of drug-likeness (QED) is 0.739. The zero-order valence-electron chi connectivity index (χ0n) is 12.5. The molecule has 1 nitrogen and oxygen atoms in total. The maximum Gasteiger partial charge on any atom is 0.133 e. The predicted octanol–water partition coefficient (Wildman–Crippen LogP) is 3.78. The van der Waals surface area contributed by atoms with E-state index in [0.29, 0.717) is 12.8 Å². The number of aryl methyl sites for hydroxylation is 2. The Morgan fingerprint density at radius 3 is 1.41 bits per heavy atom. The van der Waals surface area contributed by atoms with E-state index >= 15 is 0 Å². The van der Waals surface area contributed by atoms with E-state index in [4.69, 9.17) is 12.8 Å². The predicted molar refractivity (Wildman–Crippen MR) is 90.4 cm³/mol. The number of hydrogen-bond acceptors (Lipinski definition) is 1. The first-order chi connectivity index (χ1) is 10.7. The Morgan fingerprint density at radius 1 is 0.727 bits per heavy atom. The number of terminal acetylenes is 2. The first kappa shape index (κ1) is 15.6. The zero-order chi connectivity index (χ0) is 15.8. The van der Waals surface area contributed by atoms with E-state index in [1.807, 2.05) is 48.5 Å². The van der Waals surface area contributed by atoms with Gasteiger partial charge in [-0.3, -0.25) is 4.79 Å². The number of Topliss-reactive ketones (excluding diaryl/α,β-unsaturated/α-hetero) is 1. The van der Waals surface area contributed by atoms with Crippen LogP contribution < -0.4 is 0 Å². The van der Waals surface area contributed by atoms with Crippen LogP contribution in [0, 0.1) is 24.7 Å². The van der Waals surface area contributed by atoms with Crippen molar-refractivity contribution in [1.29, 1.82) is 0 Å². The molecule has 0 radical (unpaired) electrons. The molecule has 0 spiro atoms. The van der Waals surface area contributed by atoms with Gasteiger partial charge in [0, 0.05) is 24.0 Å². The fraction of sp³-hybridized carbons (Fsp3) is 0.190. The van der Waals surface area contributed by atoms with Crippen LogP contribution in [-0.2, 0) is 17.6 Å². The average Bonchev–Trinajstić information content (AvgIpc) is 2.59. The van der Waals surface area contributed by atoms with Crippen molar-refractivity contribution >= 4 is 5.78 Å². The second-order valence-corrected chi connectivity index (χ2v) is 5.22. The number of ketones is 1. The summed E-state index contributed by atoms with van der Waals surface area (Å²) in [5.41, 5.74) is 4.02. The molecular formula is C21H18O. The fourth-order valence-corrected chi connectivity index (χ4v) is 2.23. The third kappa shape index (κ3) is 4.65. The molecule has 2 rings (SSSR count). The Kier molecular flexibility index (Phi) is 5.58. The van der Waals surface area contributed by atoms with Gasteiger partial charge in [0.15, 0.2) is 0 Å². The molecule has 0 aromatic heterocycles. The largest absolute Gasteiger partial charge is 0.300 e. The SMILES string of the molecule is C#Cc1ccc(CCC(=O)CCc2ccc(C#C)cc2)cc1. The fourth-order valence-electron chi connectivity index (χ4n) is 2.23. The molecule has 0 fully saturated rings. The summed E-state index contributed by atoms with van der Waals surface area (Å²) in [7, 11) is 0. The molecule has 0 atom stereocenters. The molecule has 108 valence electrons. The summed E-state index contributed by atoms with van der Waals surface area (Å²) in [6.07, 6.45) is 13.3. The van der Waals surface area contributed by atoms with Gasteiger partial charge in [-0.2, -0.15) is 0 Å². The molecule has 2 aromatic carbocycles. The lowest BCUT2D eigenvalue weighted by molar-refractivity contribution is -0.119. The van der Waals surface area contributed by atoms with Crippen molar-refractivity contribution in [1.82, 2.24) is 0 Å². The molecule has 2 aromatic rings. The molecule has 0 N–H and O–H groups in total. The standard InChI is InChI=1S/C21H18O/c1-3-17-5-9-19(10-6-17)13-15-21(22)16-14-20-11-7-18(4-2)8-12-20/h1-2,5-12H,13-16H2. The molecule has 0 aliphatic heterocycles. The summed E-state index contributed by atoms with van der Waals surface area (Å²) in [6, 6.07) is 15.6. The van der Waals surface area contributed by atoms with Gasteiger partial charge >= 0.3 is 0 Å². The summed E-state index contributed by atoms with van der Waals surface area (Å²) in [5, 5.41) is 0. The van der Waals surface area contributed by atoms with E-state index in [9.17, 15) is 4.79 Å². The second kappa shape index (κ2) is 7.87. The molecule has 0 saturated heterocycles. The van der Waals surface area contributed by atoms with Gasteiger partial charge in [-0.15, -0.1) is 12.8 Å². The second-order valence-electron chi connectivity index (χ2n) is 5.22. The van der Waals surface area contributed by atoms with Crippen molar-refractivity contribution in [3.63, 3.8) is 0 Å². The summed E-state index contributed by atoms with van der Waals surface area (Å²) >= 11 is 0. The van der Waals surface area contributed by atoms with Crippen molar-refractivity contribution in [2.75, 3.05) is 0 Å². The van der Waals surface area contributed by atoms with Gasteiger partial charge < -0.3 is 0 Å². The van der Waals surface area contributed by atoms with Crippen LogP contribution >= 0.6 is 0 Å². The third-order valence-corrected chi connectivity index (χ3v) is 3.63. The Labute approximate surface area is 132 Å². The highest BCUT2D eigenvalue weighted by Gasteiger charge is 2.04. The highest BCUT2D eigenvalue weighted by Crippen LogP contribution is 2.10. The summed E-state index contributed by atoms with van der Waals surface area (Å²) in [5.74, 6) is 5.45. The normalized spacial score (nSPS) is 9.73. The first-order valence-electron chi connectivity index (χ1n) is 7.34. The van der Waals surface area contributed by atoms with E-state index < -0.39 is 0 Å². The van der Waals surface area contributed by atoms with Crippen LogP contribution in [0.5, 0.6) is 0 Å². The number of carbonyl (C=O) groups is 1. The Bertz CT molecular complexity index is 643. The van der Waals surface area contributed by atoms with Crippen molar-refractivity contribution < 1.29 is 4.79 Å². The van der Waals surface area contributed by atoms with E-state index in [2.05, 4.69) is 11.8 Å². The summed E-state index contributed by atoms with van der Waals surface area (Å²) < 4.78 is 0. The van der Waals surface area contributed by atoms with Crippen LogP contribution in [0.15, 0.2) is 48.5 Å². The van der Waals surface area contributed by atoms with E-state index in [-0.39, 0.29) is 5.78 Å². The minimum atomic E-state index is 0.280. The molecule has 0 aliphatic carbocycles. The molecular weight excluding hydrogens is 268 g/mol. The smallest absolute Gasteiger partial charge is 0.133 e. The first-order valence-corrected chi connectivity index (χ1v) is 7.34. The topological polar surface area (TPSA) is 17.1 Å². The van der Waals surface area contributed by atoms with E-state index in [1.54, 1.807) is 0 Å². The minimum Gasteiger partial charge on any atom is -0.300 e. The van der Waals surface area contributed by atoms with Crippen LogP contribution in [0.4, 0.5) is 0 Å². The van der Waals surface area contributed by atoms with Gasteiger partial charge in [0.05, 0.1) is 0 Å². The van der Waals surface area contributed by atoms with Crippen molar-refractivity contribution in [3.05, 3.63) is 70.8 Å². The highest BCUT2D eigenvalue weighted by molar-refractivity contribution is 5.78. The lowest BCUT2D eigenvalue weighted by Crippen LogP contribution is -2.02. The molecule has 0 amide bonds. The van der Waals surface area contributed by atoms with Crippen molar-refractivity contribution in [2.45, 2.75) is 25.7 Å². The maximum absolute atomic E-state index is 12.0. The minimum absolute atomic E-state index is 0.280. The molecule has 0 saturated carbocycles. The third-order valence-electron chi connectivity index (χ3n) is 3.63. The Balaban J connectivity index is 1.77. The van der Waals surface area contributed by atoms with Crippen LogP contribution in [0.25, 0.3) is 0 Å². The van der Waals surface area contributed by atoms with Crippen LogP contribution in [0.3, 0.4) is 0 Å². The Morgan fingerprint density at radius 2 is 1.09 bits per heavy atom. The number of carbonyl (C=O) groups excluding carboxylic acids is 1. The summed E-state index contributed by atoms with van der Waals surface area (Å²) in [6.45, 7) is 0. The summed E-state index contributed by atoms with van der Waals surface area (Å²) in [4.78, 5) is 12.0. The van der Waals surface area contributed by atoms with Gasteiger partial charge in [0.1, 0.15) is 5.78 Å². The van der Waals surface area contributed by atoms with Gasteiger partial charge in [0.25, 0.3) is 0 Å². The van der Waals surface area contributed by atoms with Gasteiger partial charge in [-0.05, 0) is 48.2 Å². The monoisotopic (exact) mass is 286 g/mol. The molecule has 0 aliphatic rings.